The molecule has 1 saturated heterocycles. The van der Waals surface area contributed by atoms with Crippen LogP contribution in [0.5, 0.6) is 0 Å². The van der Waals surface area contributed by atoms with E-state index >= 15 is 8.78 Å². The summed E-state index contributed by atoms with van der Waals surface area (Å²) in [6, 6.07) is 13.9. The molecule has 6 fully saturated rings. The fourth-order valence-electron chi connectivity index (χ4n) is 17.1. The van der Waals surface area contributed by atoms with Crippen LogP contribution in [0.25, 0.3) is 0 Å². The Labute approximate surface area is 459 Å². The molecule has 0 bridgehead atoms. The van der Waals surface area contributed by atoms with E-state index < -0.39 is 100 Å². The molecule has 80 heavy (non-hydrogen) atoms. The summed E-state index contributed by atoms with van der Waals surface area (Å²) in [4.78, 5) is 23.2. The molecule has 19 heteroatoms. The molecule has 11 atom stereocenters. The highest BCUT2D eigenvalue weighted by Gasteiger charge is 2.81. The number of benzene rings is 2. The van der Waals surface area contributed by atoms with Crippen molar-refractivity contribution in [2.45, 2.75) is 189 Å². The molecule has 0 aromatic heterocycles. The molecule has 8 aliphatic carbocycles. The summed E-state index contributed by atoms with van der Waals surface area (Å²) < 4.78 is 166. The number of halogens is 10. The molecule has 0 amide bonds. The molecular formula is C61H72F10O9. The highest BCUT2D eigenvalue weighted by molar-refractivity contribution is 5.93. The summed E-state index contributed by atoms with van der Waals surface area (Å²) in [6.45, 7) is 7.90. The van der Waals surface area contributed by atoms with Crippen molar-refractivity contribution >= 4 is 12.1 Å². The fourth-order valence-corrected chi connectivity index (χ4v) is 17.1. The van der Waals surface area contributed by atoms with Gasteiger partial charge in [-0.2, -0.15) is 43.9 Å². The van der Waals surface area contributed by atoms with Gasteiger partial charge in [0.2, 0.25) is 0 Å². The second-order valence-electron chi connectivity index (χ2n) is 25.9. The Kier molecular flexibility index (Phi) is 14.7. The summed E-state index contributed by atoms with van der Waals surface area (Å²) in [6.07, 6.45) is -7.58. The molecule has 2 aromatic carbocycles. The lowest BCUT2D eigenvalue weighted by atomic mass is 9.49. The van der Waals surface area contributed by atoms with Gasteiger partial charge >= 0.3 is 24.2 Å². The van der Waals surface area contributed by atoms with Crippen LogP contribution in [0, 0.1) is 39.9 Å². The van der Waals surface area contributed by atoms with E-state index in [1.807, 2.05) is 12.1 Å². The Morgan fingerprint density at radius 2 is 1.12 bits per heavy atom. The molecule has 2 aromatic rings. The number of rotatable bonds is 8. The van der Waals surface area contributed by atoms with E-state index in [-0.39, 0.29) is 55.1 Å². The van der Waals surface area contributed by atoms with Crippen LogP contribution in [0.15, 0.2) is 82.5 Å². The number of ketones is 1. The third kappa shape index (κ3) is 8.95. The van der Waals surface area contributed by atoms with Gasteiger partial charge in [-0.15, -0.1) is 0 Å². The smallest absolute Gasteiger partial charge is 0.385 e. The van der Waals surface area contributed by atoms with Crippen molar-refractivity contribution < 1.29 is 87.8 Å². The van der Waals surface area contributed by atoms with Crippen LogP contribution in [-0.2, 0) is 23.7 Å². The zero-order valence-corrected chi connectivity index (χ0v) is 45.9. The van der Waals surface area contributed by atoms with Crippen LogP contribution in [0.1, 0.15) is 169 Å². The summed E-state index contributed by atoms with van der Waals surface area (Å²) in [7, 11) is 3.00. The number of hydrogen-bond donors (Lipinski definition) is 3. The average molecular weight is 1140 g/mol. The normalized spacial score (nSPS) is 36.7. The minimum atomic E-state index is -5.90. The van der Waals surface area contributed by atoms with Gasteiger partial charge in [-0.05, 0) is 135 Å². The molecule has 9 nitrogen and oxygen atoms in total. The molecule has 3 N–H and O–H groups in total. The van der Waals surface area contributed by atoms with E-state index in [4.69, 9.17) is 18.9 Å². The maximum atomic E-state index is 15.3. The number of allylic oxidation sites excluding steroid dienone is 5. The summed E-state index contributed by atoms with van der Waals surface area (Å²) in [5, 5.41) is 35.1. The third-order valence-electron chi connectivity index (χ3n) is 21.2. The van der Waals surface area contributed by atoms with Gasteiger partial charge in [0.05, 0.1) is 18.8 Å². The highest BCUT2D eigenvalue weighted by atomic mass is 19.4. The van der Waals surface area contributed by atoms with Gasteiger partial charge in [0.15, 0.2) is 17.9 Å². The molecule has 4 unspecified atom stereocenters. The third-order valence-corrected chi connectivity index (χ3v) is 21.2. The van der Waals surface area contributed by atoms with Gasteiger partial charge in [0.25, 0.3) is 0 Å². The number of aliphatic hydroxyl groups is 3. The van der Waals surface area contributed by atoms with Gasteiger partial charge in [-0.25, -0.2) is 0 Å². The van der Waals surface area contributed by atoms with E-state index in [1.165, 1.54) is 28.1 Å². The van der Waals surface area contributed by atoms with Gasteiger partial charge in [-0.3, -0.25) is 9.59 Å². The number of alkyl halides is 10. The predicted octanol–water partition coefficient (Wildman–Crippen LogP) is 13.5. The molecular weight excluding hydrogens is 1070 g/mol. The molecule has 440 valence electrons. The molecule has 11 rings (SSSR count). The zero-order valence-electron chi connectivity index (χ0n) is 45.9. The maximum Gasteiger partial charge on any atom is 0.456 e. The fraction of sp³-hybridized carbons (Fsp3) is 0.672. The second kappa shape index (κ2) is 19.8. The van der Waals surface area contributed by atoms with Crippen molar-refractivity contribution in [2.24, 2.45) is 39.9 Å². The van der Waals surface area contributed by atoms with Crippen molar-refractivity contribution in [3.63, 3.8) is 0 Å². The molecule has 0 radical (unpaired) electrons. The van der Waals surface area contributed by atoms with Gasteiger partial charge in [-0.1, -0.05) is 87.4 Å². The van der Waals surface area contributed by atoms with Crippen molar-refractivity contribution in [3.05, 3.63) is 105 Å². The number of hydrogen-bond acceptors (Lipinski definition) is 9. The van der Waals surface area contributed by atoms with Crippen LogP contribution >= 0.6 is 0 Å². The SMILES string of the molecule is COC(OC)c1ccc([C@H]2C[C@@]3(C)C(CC[C@@]3(O)C(F)(F)C(F)(F)F)C3CC[C@@]4(O)CC5(CCC4=C32)OCC(C)(C)CO5)cc1.C[C@]12C[C@H](c3ccc(C=O)cc3)C3=C4CCC(=O)C=C4CCC3C1CC[C@@]2(O)C(F)(F)C(F)(F)F. The topological polar surface area (TPSA) is 132 Å². The quantitative estimate of drug-likeness (QED) is 0.102. The van der Waals surface area contributed by atoms with E-state index in [0.717, 1.165) is 33.4 Å². The number of carbonyl (C=O) groups excluding carboxylic acids is 2. The lowest BCUT2D eigenvalue weighted by molar-refractivity contribution is -0.362. The number of ether oxygens (including phenoxy) is 4. The number of methoxy groups -OCH3 is 2. The van der Waals surface area contributed by atoms with Gasteiger partial charge < -0.3 is 34.3 Å². The summed E-state index contributed by atoms with van der Waals surface area (Å²) >= 11 is 0. The first kappa shape index (κ1) is 59.2. The molecule has 9 aliphatic rings. The molecule has 1 aliphatic heterocycles. The van der Waals surface area contributed by atoms with E-state index in [0.29, 0.717) is 87.6 Å². The van der Waals surface area contributed by atoms with Crippen molar-refractivity contribution in [3.8, 4) is 0 Å². The number of fused-ring (bicyclic) bond motifs is 8. The lowest BCUT2D eigenvalue weighted by Gasteiger charge is -2.59. The first-order valence-electron chi connectivity index (χ1n) is 27.9. The average Bonchev–Trinajstić information content (AvgIpc) is 4.06. The van der Waals surface area contributed by atoms with E-state index in [2.05, 4.69) is 13.8 Å². The zero-order chi connectivity index (χ0) is 58.2. The van der Waals surface area contributed by atoms with Crippen LogP contribution in [0.4, 0.5) is 43.9 Å². The van der Waals surface area contributed by atoms with Crippen LogP contribution in [0.3, 0.4) is 0 Å². The highest BCUT2D eigenvalue weighted by Crippen LogP contribution is 2.73. The molecule has 5 saturated carbocycles. The van der Waals surface area contributed by atoms with E-state index in [9.17, 15) is 60.0 Å². The molecule has 1 heterocycles. The first-order chi connectivity index (χ1) is 37.2. The van der Waals surface area contributed by atoms with Gasteiger partial charge in [0, 0.05) is 72.7 Å². The van der Waals surface area contributed by atoms with Crippen molar-refractivity contribution in [1.29, 1.82) is 0 Å². The standard InChI is InChI=1S/C34H45F5O6.C27H27F5O3/c1-28(2)18-44-31(45-19-28)14-11-25-26-22(10-13-30(25,40)17-31)24-12-15-32(41,33(35,36)34(37,38)39)29(24,3)16-23(26)20-6-8-21(9-7-20)27(42-4)43-5;1-24-13-21(16-4-2-15(14-33)3-5-16)23-19-9-7-18(34)12-17(19)6-8-20(23)22(24)10-11-25(24,35)26(28,29)27(30,31)32/h6-9,22-24,27,40-41H,10-19H2,1-5H3;2-5,12,14,20-22,35H,6-11,13H2,1H3/t22?,23-,24?,29+,30-,32+;20?,21-,22?,24+,25+/m11/s1. The monoisotopic (exact) mass is 1140 g/mol. The predicted molar refractivity (Wildman–Crippen MR) is 272 cm³/mol. The van der Waals surface area contributed by atoms with Crippen LogP contribution in [-0.4, -0.2) is 102 Å². The largest absolute Gasteiger partial charge is 0.456 e. The Morgan fingerprint density at radius 1 is 0.625 bits per heavy atom. The van der Waals surface area contributed by atoms with E-state index in [1.54, 1.807) is 42.5 Å². The Balaban J connectivity index is 0.000000186. The number of carbonyl (C=O) groups is 2. The minimum Gasteiger partial charge on any atom is -0.385 e. The van der Waals surface area contributed by atoms with Crippen molar-refractivity contribution in [1.82, 2.24) is 0 Å². The van der Waals surface area contributed by atoms with Crippen molar-refractivity contribution in [2.75, 3.05) is 27.4 Å². The summed E-state index contributed by atoms with van der Waals surface area (Å²) in [5.74, 6) is -14.3. The maximum absolute atomic E-state index is 15.3. The minimum absolute atomic E-state index is 0.0374. The van der Waals surface area contributed by atoms with Crippen LogP contribution in [0.2, 0.25) is 0 Å². The number of aldehydes is 1. The Bertz CT molecular complexity index is 2830. The lowest BCUT2D eigenvalue weighted by Crippen LogP contribution is -2.65. The Hall–Kier alpha value is -3.98. The van der Waals surface area contributed by atoms with Crippen LogP contribution < -0.4 is 0 Å². The van der Waals surface area contributed by atoms with Gasteiger partial charge in [0.1, 0.15) is 17.5 Å². The molecule has 1 spiro atoms. The first-order valence-corrected chi connectivity index (χ1v) is 27.9. The Morgan fingerprint density at radius 3 is 1.62 bits per heavy atom. The second-order valence-corrected chi connectivity index (χ2v) is 25.9. The summed E-state index contributed by atoms with van der Waals surface area (Å²) in [5.41, 5.74) is -4.06.